The summed E-state index contributed by atoms with van der Waals surface area (Å²) in [5, 5.41) is 0. The van der Waals surface area contributed by atoms with Gasteiger partial charge in [-0.05, 0) is 26.3 Å². The number of aliphatic imine (C=N–C) groups is 1. The maximum absolute atomic E-state index is 9.90. The molecule has 0 spiro atoms. The molecule has 1 aromatic rings. The van der Waals surface area contributed by atoms with Crippen molar-refractivity contribution in [1.29, 1.82) is 0 Å². The topological polar surface area (TPSA) is 42.6 Å². The van der Waals surface area contributed by atoms with Gasteiger partial charge < -0.3 is 4.42 Å². The molecule has 0 unspecified atom stereocenters. The third-order valence-corrected chi connectivity index (χ3v) is 1.81. The van der Waals surface area contributed by atoms with E-state index in [4.69, 9.17) is 4.42 Å². The summed E-state index contributed by atoms with van der Waals surface area (Å²) in [5.41, 5.74) is 1.95. The first-order chi connectivity index (χ1) is 5.16. The van der Waals surface area contributed by atoms with Crippen LogP contribution in [0.25, 0.3) is 0 Å². The summed E-state index contributed by atoms with van der Waals surface area (Å²) in [5.74, 6) is 1.17. The largest absolute Gasteiger partial charge is 0.442 e. The molecule has 0 fully saturated rings. The molecule has 3 heteroatoms. The Bertz CT molecular complexity index is 319. The Balaban J connectivity index is 3.29. The molecule has 0 aliphatic carbocycles. The molecule has 0 aromatic carbocycles. The highest BCUT2D eigenvalue weighted by Crippen LogP contribution is 2.26. The molecule has 0 N–H and O–H groups in total. The van der Waals surface area contributed by atoms with E-state index < -0.39 is 0 Å². The Morgan fingerprint density at radius 3 is 2.27 bits per heavy atom. The van der Waals surface area contributed by atoms with Crippen molar-refractivity contribution in [2.45, 2.75) is 20.8 Å². The van der Waals surface area contributed by atoms with Gasteiger partial charge >= 0.3 is 0 Å². The molecule has 1 aromatic heterocycles. The van der Waals surface area contributed by atoms with Gasteiger partial charge in [0.15, 0.2) is 0 Å². The van der Waals surface area contributed by atoms with Crippen LogP contribution in [0, 0.1) is 20.8 Å². The van der Waals surface area contributed by atoms with Gasteiger partial charge in [-0.15, -0.1) is 4.99 Å². The normalized spacial score (nSPS) is 9.36. The lowest BCUT2D eigenvalue weighted by Crippen LogP contribution is -1.72. The second-order valence-electron chi connectivity index (χ2n) is 2.42. The Morgan fingerprint density at radius 1 is 1.27 bits per heavy atom. The minimum Gasteiger partial charge on any atom is -0.442 e. The van der Waals surface area contributed by atoms with Crippen molar-refractivity contribution < 1.29 is 9.21 Å². The van der Waals surface area contributed by atoms with Gasteiger partial charge in [-0.2, -0.15) is 0 Å². The maximum Gasteiger partial charge on any atom is 0.243 e. The minimum atomic E-state index is 0.370. The zero-order valence-electron chi connectivity index (χ0n) is 6.76. The zero-order chi connectivity index (χ0) is 8.43. The number of rotatable bonds is 1. The predicted octanol–water partition coefficient (Wildman–Crippen LogP) is 2.17. The quantitative estimate of drug-likeness (QED) is 0.456. The summed E-state index contributed by atoms with van der Waals surface area (Å²) in [6, 6.07) is 0. The monoisotopic (exact) mass is 151 g/mol. The Labute approximate surface area is 64.7 Å². The molecule has 0 amide bonds. The zero-order valence-corrected chi connectivity index (χ0v) is 6.76. The first-order valence-electron chi connectivity index (χ1n) is 3.31. The second-order valence-corrected chi connectivity index (χ2v) is 2.42. The molecule has 0 radical (unpaired) electrons. The lowest BCUT2D eigenvalue weighted by molar-refractivity contribution is 0.534. The molecule has 11 heavy (non-hydrogen) atoms. The molecule has 3 nitrogen and oxygen atoms in total. The van der Waals surface area contributed by atoms with Crippen LogP contribution in [0.2, 0.25) is 0 Å². The van der Waals surface area contributed by atoms with E-state index in [2.05, 4.69) is 4.99 Å². The van der Waals surface area contributed by atoms with Crippen LogP contribution < -0.4 is 0 Å². The van der Waals surface area contributed by atoms with Gasteiger partial charge in [-0.1, -0.05) is 0 Å². The van der Waals surface area contributed by atoms with Crippen molar-refractivity contribution in [1.82, 2.24) is 0 Å². The Kier molecular flexibility index (Phi) is 1.92. The first-order valence-corrected chi connectivity index (χ1v) is 3.31. The molecule has 58 valence electrons. The van der Waals surface area contributed by atoms with E-state index >= 15 is 0 Å². The molecule has 0 aliphatic heterocycles. The number of furan rings is 1. The lowest BCUT2D eigenvalue weighted by atomic mass is 10.2. The summed E-state index contributed by atoms with van der Waals surface area (Å²) in [6.07, 6.45) is 1.45. The van der Waals surface area contributed by atoms with Crippen LogP contribution in [0.1, 0.15) is 16.9 Å². The number of aryl methyl sites for hydroxylation is 1. The van der Waals surface area contributed by atoms with E-state index in [1.165, 1.54) is 6.08 Å². The molecule has 1 rings (SSSR count). The SMILES string of the molecule is Cc1oc(N=C=O)c(C)c1C. The third kappa shape index (κ3) is 1.23. The van der Waals surface area contributed by atoms with Gasteiger partial charge in [0.2, 0.25) is 12.0 Å². The fraction of sp³-hybridized carbons (Fsp3) is 0.375. The van der Waals surface area contributed by atoms with Crippen LogP contribution in [0.15, 0.2) is 9.41 Å². The third-order valence-electron chi connectivity index (χ3n) is 1.81. The molecule has 0 saturated heterocycles. The van der Waals surface area contributed by atoms with Crippen LogP contribution in [0.5, 0.6) is 0 Å². The van der Waals surface area contributed by atoms with Crippen molar-refractivity contribution >= 4 is 12.0 Å². The molecular formula is C8H9NO2. The van der Waals surface area contributed by atoms with Crippen molar-refractivity contribution in [2.75, 3.05) is 0 Å². The molecule has 0 bridgehead atoms. The maximum atomic E-state index is 9.90. The highest BCUT2D eigenvalue weighted by Gasteiger charge is 2.08. The van der Waals surface area contributed by atoms with Crippen LogP contribution >= 0.6 is 0 Å². The van der Waals surface area contributed by atoms with E-state index in [0.717, 1.165) is 16.9 Å². The molecule has 0 aliphatic rings. The summed E-state index contributed by atoms with van der Waals surface area (Å²) in [7, 11) is 0. The molecular weight excluding hydrogens is 142 g/mol. The van der Waals surface area contributed by atoms with Gasteiger partial charge in [0, 0.05) is 5.56 Å². The van der Waals surface area contributed by atoms with Crippen molar-refractivity contribution in [2.24, 2.45) is 4.99 Å². The summed E-state index contributed by atoms with van der Waals surface area (Å²) in [4.78, 5) is 13.3. The number of nitrogens with zero attached hydrogens (tertiary/aromatic N) is 1. The van der Waals surface area contributed by atoms with Crippen molar-refractivity contribution in [3.05, 3.63) is 16.9 Å². The van der Waals surface area contributed by atoms with Crippen molar-refractivity contribution in [3.63, 3.8) is 0 Å². The highest BCUT2D eigenvalue weighted by atomic mass is 16.4. The summed E-state index contributed by atoms with van der Waals surface area (Å²) >= 11 is 0. The summed E-state index contributed by atoms with van der Waals surface area (Å²) in [6.45, 7) is 5.63. The predicted molar refractivity (Wildman–Crippen MR) is 40.7 cm³/mol. The van der Waals surface area contributed by atoms with Crippen LogP contribution in [-0.4, -0.2) is 6.08 Å². The van der Waals surface area contributed by atoms with E-state index in [0.29, 0.717) is 5.88 Å². The van der Waals surface area contributed by atoms with Gasteiger partial charge in [-0.3, -0.25) is 0 Å². The average Bonchev–Trinajstić information content (AvgIpc) is 2.19. The van der Waals surface area contributed by atoms with E-state index in [9.17, 15) is 4.79 Å². The molecule has 0 saturated carbocycles. The van der Waals surface area contributed by atoms with E-state index in [1.807, 2.05) is 20.8 Å². The van der Waals surface area contributed by atoms with Gasteiger partial charge in [0.05, 0.1) is 0 Å². The Morgan fingerprint density at radius 2 is 1.91 bits per heavy atom. The second kappa shape index (κ2) is 2.72. The number of hydrogen-bond acceptors (Lipinski definition) is 3. The number of hydrogen-bond donors (Lipinski definition) is 0. The lowest BCUT2D eigenvalue weighted by Gasteiger charge is -1.84. The van der Waals surface area contributed by atoms with Crippen LogP contribution in [0.4, 0.5) is 5.88 Å². The number of carbonyl (C=O) groups excluding carboxylic acids is 1. The van der Waals surface area contributed by atoms with Crippen molar-refractivity contribution in [3.8, 4) is 0 Å². The Hall–Kier alpha value is -1.34. The average molecular weight is 151 g/mol. The standard InChI is InChI=1S/C8H9NO2/c1-5-6(2)8(9-4-10)11-7(5)3/h1-3H3. The number of isocyanates is 1. The van der Waals surface area contributed by atoms with Gasteiger partial charge in [0.1, 0.15) is 5.76 Å². The van der Waals surface area contributed by atoms with E-state index in [1.54, 1.807) is 0 Å². The smallest absolute Gasteiger partial charge is 0.243 e. The molecule has 0 atom stereocenters. The van der Waals surface area contributed by atoms with E-state index in [-0.39, 0.29) is 0 Å². The van der Waals surface area contributed by atoms with Crippen LogP contribution in [0.3, 0.4) is 0 Å². The summed E-state index contributed by atoms with van der Waals surface area (Å²) < 4.78 is 5.16. The van der Waals surface area contributed by atoms with Crippen LogP contribution in [-0.2, 0) is 4.79 Å². The fourth-order valence-corrected chi connectivity index (χ4v) is 0.871. The fourth-order valence-electron chi connectivity index (χ4n) is 0.871. The van der Waals surface area contributed by atoms with Gasteiger partial charge in [0.25, 0.3) is 0 Å². The van der Waals surface area contributed by atoms with Gasteiger partial charge in [-0.25, -0.2) is 4.79 Å². The minimum absolute atomic E-state index is 0.370. The highest BCUT2D eigenvalue weighted by molar-refractivity contribution is 5.50. The first kappa shape index (κ1) is 7.76. The molecule has 1 heterocycles.